The lowest BCUT2D eigenvalue weighted by Crippen LogP contribution is -2.17. The number of carbonyl (C=O) groups is 2. The number of carboxylic acid groups (broad SMARTS) is 1. The van der Waals surface area contributed by atoms with E-state index in [1.807, 2.05) is 0 Å². The van der Waals surface area contributed by atoms with Gasteiger partial charge in [-0.05, 0) is 6.92 Å². The molecule has 0 heterocycles. The van der Waals surface area contributed by atoms with Crippen LogP contribution in [-0.4, -0.2) is 34.9 Å². The Bertz CT molecular complexity index is 219. The lowest BCUT2D eigenvalue weighted by atomic mass is 10.2. The predicted octanol–water partition coefficient (Wildman–Crippen LogP) is -0.0587. The Morgan fingerprint density at radius 1 is 1.54 bits per heavy atom. The second-order valence-corrected chi connectivity index (χ2v) is 2.62. The molecule has 0 bridgehead atoms. The molecule has 0 aliphatic rings. The first-order valence-electron chi connectivity index (χ1n) is 3.68. The Hall–Kier alpha value is -1.36. The fraction of sp³-hybridized carbons (Fsp3) is 0.500. The van der Waals surface area contributed by atoms with Crippen molar-refractivity contribution in [3.63, 3.8) is 0 Å². The molecule has 0 amide bonds. The number of aliphatic hydroxyl groups excluding tert-OH is 1. The number of carboxylic acids is 1. The quantitative estimate of drug-likeness (QED) is 0.466. The van der Waals surface area contributed by atoms with Crippen LogP contribution in [0.5, 0.6) is 0 Å². The highest BCUT2D eigenvalue weighted by atomic mass is 16.5. The summed E-state index contributed by atoms with van der Waals surface area (Å²) in [6.45, 7) is 4.53. The first kappa shape index (κ1) is 11.6. The van der Waals surface area contributed by atoms with E-state index < -0.39 is 24.5 Å². The van der Waals surface area contributed by atoms with Crippen LogP contribution in [-0.2, 0) is 14.3 Å². The van der Waals surface area contributed by atoms with E-state index in [1.54, 1.807) is 0 Å². The van der Waals surface area contributed by atoms with Crippen LogP contribution in [0.3, 0.4) is 0 Å². The molecule has 0 aliphatic heterocycles. The lowest BCUT2D eigenvalue weighted by molar-refractivity contribution is -0.144. The van der Waals surface area contributed by atoms with Crippen molar-refractivity contribution >= 4 is 11.9 Å². The summed E-state index contributed by atoms with van der Waals surface area (Å²) in [5.41, 5.74) is -0.131. The van der Waals surface area contributed by atoms with E-state index >= 15 is 0 Å². The molecule has 0 saturated carbocycles. The summed E-state index contributed by atoms with van der Waals surface area (Å²) < 4.78 is 4.51. The van der Waals surface area contributed by atoms with Gasteiger partial charge in [0.2, 0.25) is 0 Å². The van der Waals surface area contributed by atoms with Gasteiger partial charge in [0.1, 0.15) is 6.61 Å². The summed E-state index contributed by atoms with van der Waals surface area (Å²) in [7, 11) is 0. The zero-order valence-corrected chi connectivity index (χ0v) is 7.32. The summed E-state index contributed by atoms with van der Waals surface area (Å²) in [6.07, 6.45) is -1.21. The third-order valence-corrected chi connectivity index (χ3v) is 1.11. The van der Waals surface area contributed by atoms with Crippen molar-refractivity contribution in [2.24, 2.45) is 0 Å². The first-order chi connectivity index (χ1) is 5.93. The van der Waals surface area contributed by atoms with Crippen molar-refractivity contribution in [3.8, 4) is 0 Å². The van der Waals surface area contributed by atoms with Crippen LogP contribution >= 0.6 is 0 Å². The van der Waals surface area contributed by atoms with Gasteiger partial charge in [-0.1, -0.05) is 6.58 Å². The number of esters is 1. The van der Waals surface area contributed by atoms with Crippen molar-refractivity contribution in [3.05, 3.63) is 12.2 Å². The summed E-state index contributed by atoms with van der Waals surface area (Å²) in [6, 6.07) is 0. The van der Waals surface area contributed by atoms with Gasteiger partial charge >= 0.3 is 11.9 Å². The van der Waals surface area contributed by atoms with Crippen molar-refractivity contribution in [2.45, 2.75) is 19.4 Å². The maximum absolute atomic E-state index is 10.9. The Morgan fingerprint density at radius 2 is 2.08 bits per heavy atom. The number of carbonyl (C=O) groups excluding carboxylic acids is 1. The number of aliphatic hydroxyl groups is 1. The van der Waals surface area contributed by atoms with Gasteiger partial charge in [-0.25, -0.2) is 4.79 Å². The molecule has 0 spiro atoms. The molecule has 1 unspecified atom stereocenters. The highest BCUT2D eigenvalue weighted by Crippen LogP contribution is 2.01. The normalized spacial score (nSPS) is 11.8. The lowest BCUT2D eigenvalue weighted by Gasteiger charge is -2.06. The summed E-state index contributed by atoms with van der Waals surface area (Å²) in [4.78, 5) is 21.0. The summed E-state index contributed by atoms with van der Waals surface area (Å²) in [5, 5.41) is 17.0. The molecule has 0 aromatic rings. The summed E-state index contributed by atoms with van der Waals surface area (Å²) >= 11 is 0. The van der Waals surface area contributed by atoms with E-state index in [-0.39, 0.29) is 12.2 Å². The molecule has 0 radical (unpaired) electrons. The zero-order chi connectivity index (χ0) is 10.4. The van der Waals surface area contributed by atoms with E-state index in [2.05, 4.69) is 11.3 Å². The van der Waals surface area contributed by atoms with Gasteiger partial charge in [-0.2, -0.15) is 0 Å². The number of ether oxygens (including phenoxy) is 1. The molecule has 74 valence electrons. The fourth-order valence-corrected chi connectivity index (χ4v) is 0.553. The third kappa shape index (κ3) is 5.86. The molecule has 0 aromatic carbocycles. The van der Waals surface area contributed by atoms with Crippen LogP contribution in [0.4, 0.5) is 0 Å². The molecule has 5 nitrogen and oxygen atoms in total. The Balaban J connectivity index is 3.83. The molecule has 13 heavy (non-hydrogen) atoms. The maximum atomic E-state index is 10.9. The van der Waals surface area contributed by atoms with Gasteiger partial charge in [0, 0.05) is 5.57 Å². The highest BCUT2D eigenvalue weighted by Gasteiger charge is 2.12. The number of aliphatic carboxylic acids is 1. The monoisotopic (exact) mass is 188 g/mol. The third-order valence-electron chi connectivity index (χ3n) is 1.11. The predicted molar refractivity (Wildman–Crippen MR) is 44.0 cm³/mol. The van der Waals surface area contributed by atoms with Gasteiger partial charge in [-0.15, -0.1) is 0 Å². The molecular formula is C8H12O5. The van der Waals surface area contributed by atoms with E-state index in [9.17, 15) is 9.59 Å². The van der Waals surface area contributed by atoms with Crippen LogP contribution in [0.1, 0.15) is 13.3 Å². The van der Waals surface area contributed by atoms with Crippen molar-refractivity contribution < 1.29 is 24.5 Å². The van der Waals surface area contributed by atoms with Gasteiger partial charge in [0.15, 0.2) is 0 Å². The van der Waals surface area contributed by atoms with Crippen molar-refractivity contribution in [2.75, 3.05) is 6.61 Å². The Morgan fingerprint density at radius 3 is 2.46 bits per heavy atom. The maximum Gasteiger partial charge on any atom is 0.334 e. The Kier molecular flexibility index (Phi) is 4.76. The fourth-order valence-electron chi connectivity index (χ4n) is 0.553. The molecule has 0 aliphatic carbocycles. The van der Waals surface area contributed by atoms with Crippen molar-refractivity contribution in [1.29, 1.82) is 0 Å². The molecule has 2 N–H and O–H groups in total. The van der Waals surface area contributed by atoms with E-state index in [1.165, 1.54) is 6.92 Å². The standard InChI is InChI=1S/C8H12O5/c1-5(3-7(10)11)8(12)13-4-6(2)9/h6,9H,1,3-4H2,2H3,(H,10,11). The van der Waals surface area contributed by atoms with Crippen LogP contribution in [0.15, 0.2) is 12.2 Å². The molecule has 0 saturated heterocycles. The summed E-state index contributed by atoms with van der Waals surface area (Å²) in [5.74, 6) is -1.93. The average molecular weight is 188 g/mol. The SMILES string of the molecule is C=C(CC(=O)O)C(=O)OCC(C)O. The highest BCUT2D eigenvalue weighted by molar-refractivity contribution is 5.92. The zero-order valence-electron chi connectivity index (χ0n) is 7.32. The van der Waals surface area contributed by atoms with E-state index in [0.717, 1.165) is 0 Å². The minimum atomic E-state index is -1.14. The minimum Gasteiger partial charge on any atom is -0.481 e. The molecule has 5 heteroatoms. The van der Waals surface area contributed by atoms with E-state index in [4.69, 9.17) is 10.2 Å². The smallest absolute Gasteiger partial charge is 0.334 e. The van der Waals surface area contributed by atoms with Crippen LogP contribution < -0.4 is 0 Å². The second kappa shape index (κ2) is 5.31. The molecule has 0 aromatic heterocycles. The van der Waals surface area contributed by atoms with E-state index in [0.29, 0.717) is 0 Å². The second-order valence-electron chi connectivity index (χ2n) is 2.62. The van der Waals surface area contributed by atoms with Crippen LogP contribution in [0, 0.1) is 0 Å². The van der Waals surface area contributed by atoms with Crippen LogP contribution in [0.2, 0.25) is 0 Å². The number of hydrogen-bond acceptors (Lipinski definition) is 4. The van der Waals surface area contributed by atoms with Gasteiger partial charge in [0.05, 0.1) is 12.5 Å². The molecular weight excluding hydrogens is 176 g/mol. The van der Waals surface area contributed by atoms with Gasteiger partial charge < -0.3 is 14.9 Å². The molecule has 0 fully saturated rings. The molecule has 1 atom stereocenters. The topological polar surface area (TPSA) is 83.8 Å². The van der Waals surface area contributed by atoms with Crippen molar-refractivity contribution in [1.82, 2.24) is 0 Å². The number of hydrogen-bond donors (Lipinski definition) is 2. The van der Waals surface area contributed by atoms with Gasteiger partial charge in [-0.3, -0.25) is 4.79 Å². The first-order valence-corrected chi connectivity index (χ1v) is 3.68. The minimum absolute atomic E-state index is 0.131. The average Bonchev–Trinajstić information content (AvgIpc) is 1.98. The largest absolute Gasteiger partial charge is 0.481 e. The van der Waals surface area contributed by atoms with Crippen LogP contribution in [0.25, 0.3) is 0 Å². The van der Waals surface area contributed by atoms with Gasteiger partial charge in [0.25, 0.3) is 0 Å². The Labute approximate surface area is 75.6 Å². The molecule has 0 rings (SSSR count). The number of rotatable bonds is 5.